The van der Waals surface area contributed by atoms with Gasteiger partial charge in [0.1, 0.15) is 13.2 Å². The van der Waals surface area contributed by atoms with Gasteiger partial charge in [-0.3, -0.25) is 4.79 Å². The summed E-state index contributed by atoms with van der Waals surface area (Å²) in [6.45, 7) is 6.21. The van der Waals surface area contributed by atoms with Crippen molar-refractivity contribution in [1.29, 1.82) is 0 Å². The summed E-state index contributed by atoms with van der Waals surface area (Å²) in [6.07, 6.45) is 8.16. The first kappa shape index (κ1) is 19.1. The van der Waals surface area contributed by atoms with Crippen molar-refractivity contribution >= 4 is 23.6 Å². The Balaban J connectivity index is 1.44. The molecule has 1 fully saturated rings. The molecular formula is C20H27ClN2O3. The second-order valence-electron chi connectivity index (χ2n) is 6.89. The summed E-state index contributed by atoms with van der Waals surface area (Å²) >= 11 is 6.21. The molecule has 0 aliphatic carbocycles. The van der Waals surface area contributed by atoms with E-state index in [0.717, 1.165) is 18.5 Å². The monoisotopic (exact) mass is 378 g/mol. The molecule has 1 aromatic rings. The van der Waals surface area contributed by atoms with Crippen LogP contribution in [0, 0.1) is 0 Å². The van der Waals surface area contributed by atoms with Crippen molar-refractivity contribution < 1.29 is 14.3 Å². The number of halogens is 1. The van der Waals surface area contributed by atoms with E-state index in [2.05, 4.69) is 17.1 Å². The summed E-state index contributed by atoms with van der Waals surface area (Å²) in [5, 5.41) is 3.44. The molecule has 2 heterocycles. The molecule has 3 rings (SSSR count). The minimum atomic E-state index is -0.0947. The molecule has 6 heteroatoms. The number of ether oxygens (including phenoxy) is 2. The second kappa shape index (κ2) is 9.28. The van der Waals surface area contributed by atoms with Crippen molar-refractivity contribution in [3.8, 4) is 11.5 Å². The van der Waals surface area contributed by atoms with Crippen molar-refractivity contribution in [1.82, 2.24) is 10.2 Å². The van der Waals surface area contributed by atoms with E-state index in [9.17, 15) is 4.79 Å². The Morgan fingerprint density at radius 2 is 2.19 bits per heavy atom. The molecule has 142 valence electrons. The van der Waals surface area contributed by atoms with Crippen LogP contribution >= 0.6 is 11.6 Å². The molecule has 2 aliphatic rings. The van der Waals surface area contributed by atoms with Crippen LogP contribution in [-0.4, -0.2) is 49.7 Å². The minimum Gasteiger partial charge on any atom is -0.486 e. The first-order valence-corrected chi connectivity index (χ1v) is 9.80. The number of hydrogen-bond acceptors (Lipinski definition) is 4. The van der Waals surface area contributed by atoms with Crippen molar-refractivity contribution in [3.05, 3.63) is 28.8 Å². The predicted octanol–water partition coefficient (Wildman–Crippen LogP) is 3.51. The van der Waals surface area contributed by atoms with Gasteiger partial charge in [-0.1, -0.05) is 18.0 Å². The lowest BCUT2D eigenvalue weighted by atomic mass is 10.0. The molecule has 5 nitrogen and oxygen atoms in total. The molecule has 1 saturated heterocycles. The normalized spacial score (nSPS) is 20.3. The van der Waals surface area contributed by atoms with Crippen molar-refractivity contribution in [2.24, 2.45) is 0 Å². The molecule has 0 aromatic heterocycles. The van der Waals surface area contributed by atoms with Gasteiger partial charge < -0.3 is 19.7 Å². The number of carbonyl (C=O) groups is 1. The smallest absolute Gasteiger partial charge is 0.243 e. The fourth-order valence-electron chi connectivity index (χ4n) is 3.44. The molecule has 0 spiro atoms. The van der Waals surface area contributed by atoms with Crippen LogP contribution in [0.2, 0.25) is 5.02 Å². The summed E-state index contributed by atoms with van der Waals surface area (Å²) in [7, 11) is 0. The molecule has 1 aromatic carbocycles. The van der Waals surface area contributed by atoms with Gasteiger partial charge >= 0.3 is 0 Å². The maximum absolute atomic E-state index is 12.0. The zero-order chi connectivity index (χ0) is 18.4. The maximum atomic E-state index is 12.0. The van der Waals surface area contributed by atoms with Gasteiger partial charge in [0.25, 0.3) is 0 Å². The Kier molecular flexibility index (Phi) is 6.80. The number of benzene rings is 1. The summed E-state index contributed by atoms with van der Waals surface area (Å²) in [5.41, 5.74) is 0.816. The van der Waals surface area contributed by atoms with E-state index in [1.165, 1.54) is 31.9 Å². The standard InChI is InChI=1S/C20H27ClN2O3/c1-15-5-2-3-9-23(15)10-4-8-22-19(24)7-6-16-13-17(21)20-18(14-16)25-11-12-26-20/h6-7,13-15H,2-5,8-12H2,1H3,(H,22,24)/b7-6+/t15-/m1/s1. The fraction of sp³-hybridized carbons (Fsp3) is 0.550. The molecule has 0 radical (unpaired) electrons. The van der Waals surface area contributed by atoms with Crippen LogP contribution in [0.1, 0.15) is 38.2 Å². The Morgan fingerprint density at radius 3 is 3.04 bits per heavy atom. The number of rotatable bonds is 6. The molecule has 0 bridgehead atoms. The molecule has 0 saturated carbocycles. The lowest BCUT2D eigenvalue weighted by Gasteiger charge is -2.33. The van der Waals surface area contributed by atoms with Crippen LogP contribution in [-0.2, 0) is 4.79 Å². The van der Waals surface area contributed by atoms with Gasteiger partial charge in [0.15, 0.2) is 11.5 Å². The van der Waals surface area contributed by atoms with Gasteiger partial charge in [0.05, 0.1) is 5.02 Å². The van der Waals surface area contributed by atoms with Crippen molar-refractivity contribution in [2.75, 3.05) is 32.8 Å². The van der Waals surface area contributed by atoms with E-state index in [1.54, 1.807) is 12.1 Å². The van der Waals surface area contributed by atoms with Crippen LogP contribution in [0.25, 0.3) is 6.08 Å². The van der Waals surface area contributed by atoms with E-state index in [-0.39, 0.29) is 5.91 Å². The number of amides is 1. The minimum absolute atomic E-state index is 0.0947. The van der Waals surface area contributed by atoms with Gasteiger partial charge in [0, 0.05) is 25.2 Å². The Morgan fingerprint density at radius 1 is 1.35 bits per heavy atom. The summed E-state index contributed by atoms with van der Waals surface area (Å²) in [6, 6.07) is 4.28. The van der Waals surface area contributed by atoms with Crippen molar-refractivity contribution in [2.45, 2.75) is 38.6 Å². The van der Waals surface area contributed by atoms with E-state index in [1.807, 2.05) is 6.07 Å². The maximum Gasteiger partial charge on any atom is 0.243 e. The highest BCUT2D eigenvalue weighted by Crippen LogP contribution is 2.38. The molecule has 0 unspecified atom stereocenters. The lowest BCUT2D eigenvalue weighted by Crippen LogP contribution is -2.39. The average molecular weight is 379 g/mol. The third-order valence-corrected chi connectivity index (χ3v) is 5.19. The Labute approximate surface area is 160 Å². The van der Waals surface area contributed by atoms with E-state index < -0.39 is 0 Å². The highest BCUT2D eigenvalue weighted by Gasteiger charge is 2.17. The summed E-state index contributed by atoms with van der Waals surface area (Å²) < 4.78 is 11.0. The summed E-state index contributed by atoms with van der Waals surface area (Å²) in [4.78, 5) is 14.5. The number of carbonyl (C=O) groups excluding carboxylic acids is 1. The predicted molar refractivity (Wildman–Crippen MR) is 104 cm³/mol. The van der Waals surface area contributed by atoms with E-state index in [0.29, 0.717) is 42.3 Å². The molecule has 2 aliphatic heterocycles. The topological polar surface area (TPSA) is 50.8 Å². The number of fused-ring (bicyclic) bond motifs is 1. The number of nitrogens with one attached hydrogen (secondary N) is 1. The number of nitrogens with zero attached hydrogens (tertiary/aromatic N) is 1. The first-order chi connectivity index (χ1) is 12.6. The quantitative estimate of drug-likeness (QED) is 0.608. The van der Waals surface area contributed by atoms with Gasteiger partial charge in [0.2, 0.25) is 5.91 Å². The molecule has 1 N–H and O–H groups in total. The molecule has 1 atom stereocenters. The van der Waals surface area contributed by atoms with Gasteiger partial charge in [-0.25, -0.2) is 0 Å². The van der Waals surface area contributed by atoms with E-state index >= 15 is 0 Å². The van der Waals surface area contributed by atoms with E-state index in [4.69, 9.17) is 21.1 Å². The largest absolute Gasteiger partial charge is 0.486 e. The highest BCUT2D eigenvalue weighted by atomic mass is 35.5. The number of hydrogen-bond donors (Lipinski definition) is 1. The Hall–Kier alpha value is -1.72. The van der Waals surface area contributed by atoms with Crippen LogP contribution in [0.5, 0.6) is 11.5 Å². The summed E-state index contributed by atoms with van der Waals surface area (Å²) in [5.74, 6) is 1.11. The molecule has 1 amide bonds. The second-order valence-corrected chi connectivity index (χ2v) is 7.29. The van der Waals surface area contributed by atoms with Crippen LogP contribution in [0.15, 0.2) is 18.2 Å². The lowest BCUT2D eigenvalue weighted by molar-refractivity contribution is -0.116. The van der Waals surface area contributed by atoms with Crippen LogP contribution < -0.4 is 14.8 Å². The number of likely N-dealkylation sites (tertiary alicyclic amines) is 1. The van der Waals surface area contributed by atoms with Gasteiger partial charge in [-0.2, -0.15) is 0 Å². The first-order valence-electron chi connectivity index (χ1n) is 9.42. The van der Waals surface area contributed by atoms with Gasteiger partial charge in [-0.15, -0.1) is 0 Å². The van der Waals surface area contributed by atoms with Crippen LogP contribution in [0.4, 0.5) is 0 Å². The SMILES string of the molecule is C[C@@H]1CCCCN1CCCNC(=O)/C=C/c1cc(Cl)c2c(c1)OCCO2. The number of piperidine rings is 1. The zero-order valence-corrected chi connectivity index (χ0v) is 16.1. The third kappa shape index (κ3) is 5.15. The molecular weight excluding hydrogens is 352 g/mol. The van der Waals surface area contributed by atoms with Gasteiger partial charge in [-0.05, 0) is 56.5 Å². The highest BCUT2D eigenvalue weighted by molar-refractivity contribution is 6.32. The average Bonchev–Trinajstić information content (AvgIpc) is 2.65. The molecule has 26 heavy (non-hydrogen) atoms. The van der Waals surface area contributed by atoms with Crippen LogP contribution in [0.3, 0.4) is 0 Å². The Bertz CT molecular complexity index is 663. The fourth-order valence-corrected chi connectivity index (χ4v) is 3.72. The zero-order valence-electron chi connectivity index (χ0n) is 15.3. The third-order valence-electron chi connectivity index (χ3n) is 4.91. The van der Waals surface area contributed by atoms with Crippen molar-refractivity contribution in [3.63, 3.8) is 0 Å².